The molecule has 0 radical (unpaired) electrons. The standard InChI is InChI=1S/C14H13Br3S/c1-8-3-4-9(2)10(5-8)6-12(15)11-7-13(16)18-14(11)17/h3-5,7,12H,6H2,1-2H3. The van der Waals surface area contributed by atoms with Gasteiger partial charge in [-0.25, -0.2) is 0 Å². The molecule has 0 fully saturated rings. The lowest BCUT2D eigenvalue weighted by Crippen LogP contribution is -1.97. The number of halogens is 3. The van der Waals surface area contributed by atoms with E-state index in [1.165, 1.54) is 26.0 Å². The molecule has 0 amide bonds. The van der Waals surface area contributed by atoms with E-state index < -0.39 is 0 Å². The van der Waals surface area contributed by atoms with Crippen LogP contribution in [0.15, 0.2) is 31.8 Å². The van der Waals surface area contributed by atoms with Crippen LogP contribution in [-0.2, 0) is 6.42 Å². The maximum Gasteiger partial charge on any atom is 0.0753 e. The lowest BCUT2D eigenvalue weighted by atomic mass is 10.00. The monoisotopic (exact) mass is 450 g/mol. The van der Waals surface area contributed by atoms with E-state index in [-0.39, 0.29) is 0 Å². The van der Waals surface area contributed by atoms with Crippen molar-refractivity contribution in [3.63, 3.8) is 0 Å². The summed E-state index contributed by atoms with van der Waals surface area (Å²) in [6.07, 6.45) is 1.01. The van der Waals surface area contributed by atoms with Crippen molar-refractivity contribution < 1.29 is 0 Å². The van der Waals surface area contributed by atoms with Crippen molar-refractivity contribution in [2.24, 2.45) is 0 Å². The number of aryl methyl sites for hydroxylation is 2. The molecule has 1 unspecified atom stereocenters. The summed E-state index contributed by atoms with van der Waals surface area (Å²) in [5, 5.41) is 0. The molecule has 1 atom stereocenters. The van der Waals surface area contributed by atoms with E-state index in [2.05, 4.69) is 85.9 Å². The highest BCUT2D eigenvalue weighted by atomic mass is 79.9. The zero-order chi connectivity index (χ0) is 13.3. The van der Waals surface area contributed by atoms with E-state index in [1.807, 2.05) is 0 Å². The van der Waals surface area contributed by atoms with E-state index in [4.69, 9.17) is 0 Å². The third-order valence-corrected chi connectivity index (χ3v) is 6.13. The number of hydrogen-bond donors (Lipinski definition) is 0. The molecule has 0 aliphatic carbocycles. The van der Waals surface area contributed by atoms with Crippen LogP contribution in [0.3, 0.4) is 0 Å². The molecule has 0 saturated heterocycles. The number of benzene rings is 1. The molecule has 1 aromatic heterocycles. The molecular weight excluding hydrogens is 440 g/mol. The van der Waals surface area contributed by atoms with Crippen molar-refractivity contribution in [1.29, 1.82) is 0 Å². The van der Waals surface area contributed by atoms with Crippen LogP contribution < -0.4 is 0 Å². The van der Waals surface area contributed by atoms with Crippen molar-refractivity contribution >= 4 is 59.1 Å². The Morgan fingerprint density at radius 1 is 1.17 bits per heavy atom. The Labute approximate surface area is 137 Å². The second-order valence-electron chi connectivity index (χ2n) is 4.38. The predicted molar refractivity (Wildman–Crippen MR) is 91.0 cm³/mol. The van der Waals surface area contributed by atoms with Gasteiger partial charge < -0.3 is 0 Å². The van der Waals surface area contributed by atoms with E-state index in [0.717, 1.165) is 10.2 Å². The number of alkyl halides is 1. The maximum atomic E-state index is 3.80. The zero-order valence-corrected chi connectivity index (χ0v) is 15.7. The highest BCUT2D eigenvalue weighted by Gasteiger charge is 2.15. The van der Waals surface area contributed by atoms with Crippen LogP contribution in [-0.4, -0.2) is 0 Å². The van der Waals surface area contributed by atoms with Crippen molar-refractivity contribution in [1.82, 2.24) is 0 Å². The van der Waals surface area contributed by atoms with Gasteiger partial charge in [-0.1, -0.05) is 39.7 Å². The minimum absolute atomic E-state index is 0.343. The van der Waals surface area contributed by atoms with E-state index in [9.17, 15) is 0 Å². The van der Waals surface area contributed by atoms with Crippen LogP contribution in [0.25, 0.3) is 0 Å². The van der Waals surface area contributed by atoms with Crippen molar-refractivity contribution in [2.45, 2.75) is 25.1 Å². The first kappa shape index (κ1) is 14.8. The molecule has 0 saturated carbocycles. The molecule has 2 rings (SSSR count). The second kappa shape index (κ2) is 6.21. The Balaban J connectivity index is 2.23. The maximum absolute atomic E-state index is 3.80. The fourth-order valence-corrected chi connectivity index (χ4v) is 6.03. The summed E-state index contributed by atoms with van der Waals surface area (Å²) in [5.74, 6) is 0. The largest absolute Gasteiger partial charge is 0.121 e. The van der Waals surface area contributed by atoms with Gasteiger partial charge in [0, 0.05) is 4.83 Å². The smallest absolute Gasteiger partial charge is 0.0753 e. The molecule has 96 valence electrons. The fourth-order valence-electron chi connectivity index (χ4n) is 1.89. The van der Waals surface area contributed by atoms with Crippen molar-refractivity contribution in [3.8, 4) is 0 Å². The molecular formula is C14H13Br3S. The SMILES string of the molecule is Cc1ccc(C)c(CC(Br)c2cc(Br)sc2Br)c1. The van der Waals surface area contributed by atoms with Gasteiger partial charge in [0.05, 0.1) is 7.57 Å². The Bertz CT molecular complexity index is 560. The molecule has 0 aliphatic rings. The molecule has 0 N–H and O–H groups in total. The Hall–Kier alpha value is 0.360. The summed E-state index contributed by atoms with van der Waals surface area (Å²) in [6.45, 7) is 4.32. The first-order chi connectivity index (χ1) is 8.47. The van der Waals surface area contributed by atoms with Crippen molar-refractivity contribution in [2.75, 3.05) is 0 Å². The van der Waals surface area contributed by atoms with Gasteiger partial charge in [0.2, 0.25) is 0 Å². The van der Waals surface area contributed by atoms with Gasteiger partial charge in [0.25, 0.3) is 0 Å². The molecule has 4 heteroatoms. The van der Waals surface area contributed by atoms with Crippen molar-refractivity contribution in [3.05, 3.63) is 54.1 Å². The van der Waals surface area contributed by atoms with Crippen LogP contribution >= 0.6 is 59.1 Å². The topological polar surface area (TPSA) is 0 Å². The average molecular weight is 453 g/mol. The van der Waals surface area contributed by atoms with Crippen LogP contribution in [0.2, 0.25) is 0 Å². The summed E-state index contributed by atoms with van der Waals surface area (Å²) in [6, 6.07) is 8.82. The quantitative estimate of drug-likeness (QED) is 0.462. The summed E-state index contributed by atoms with van der Waals surface area (Å²) < 4.78 is 2.36. The predicted octanol–water partition coefficient (Wildman–Crippen LogP) is 6.57. The lowest BCUT2D eigenvalue weighted by Gasteiger charge is -2.12. The molecule has 18 heavy (non-hydrogen) atoms. The Morgan fingerprint density at radius 2 is 1.89 bits per heavy atom. The average Bonchev–Trinajstić information content (AvgIpc) is 2.63. The highest BCUT2D eigenvalue weighted by Crippen LogP contribution is 2.40. The molecule has 0 spiro atoms. The summed E-state index contributed by atoms with van der Waals surface area (Å²) >= 11 is 12.7. The zero-order valence-electron chi connectivity index (χ0n) is 10.1. The number of thiophene rings is 1. The van der Waals surface area contributed by atoms with Crippen LogP contribution in [0.1, 0.15) is 27.1 Å². The second-order valence-corrected chi connectivity index (χ2v) is 9.24. The minimum atomic E-state index is 0.343. The van der Waals surface area contributed by atoms with Gasteiger partial charge >= 0.3 is 0 Å². The Kier molecular flexibility index (Phi) is 5.09. The third kappa shape index (κ3) is 3.47. The highest BCUT2D eigenvalue weighted by molar-refractivity contribution is 9.12. The molecule has 1 heterocycles. The van der Waals surface area contributed by atoms with Gasteiger partial charge in [0.15, 0.2) is 0 Å². The van der Waals surface area contributed by atoms with E-state index in [1.54, 1.807) is 11.3 Å². The van der Waals surface area contributed by atoms with Gasteiger partial charge in [-0.3, -0.25) is 0 Å². The molecule has 2 aromatic rings. The number of rotatable bonds is 3. The van der Waals surface area contributed by atoms with Gasteiger partial charge in [-0.2, -0.15) is 0 Å². The number of hydrogen-bond acceptors (Lipinski definition) is 1. The third-order valence-electron chi connectivity index (χ3n) is 2.92. The van der Waals surface area contributed by atoms with E-state index >= 15 is 0 Å². The summed E-state index contributed by atoms with van der Waals surface area (Å²) in [7, 11) is 0. The van der Waals surface area contributed by atoms with Gasteiger partial charge in [-0.05, 0) is 74.9 Å². The van der Waals surface area contributed by atoms with E-state index in [0.29, 0.717) is 4.83 Å². The first-order valence-corrected chi connectivity index (χ1v) is 8.94. The first-order valence-electron chi connectivity index (χ1n) is 5.62. The lowest BCUT2D eigenvalue weighted by molar-refractivity contribution is 0.937. The molecule has 0 nitrogen and oxygen atoms in total. The molecule has 0 aliphatic heterocycles. The normalized spacial score (nSPS) is 12.7. The van der Waals surface area contributed by atoms with Crippen LogP contribution in [0.4, 0.5) is 0 Å². The minimum Gasteiger partial charge on any atom is -0.121 e. The van der Waals surface area contributed by atoms with Gasteiger partial charge in [-0.15, -0.1) is 11.3 Å². The van der Waals surface area contributed by atoms with Crippen LogP contribution in [0, 0.1) is 13.8 Å². The molecule has 0 bridgehead atoms. The Morgan fingerprint density at radius 3 is 2.50 bits per heavy atom. The van der Waals surface area contributed by atoms with Gasteiger partial charge in [0.1, 0.15) is 0 Å². The van der Waals surface area contributed by atoms with Crippen LogP contribution in [0.5, 0.6) is 0 Å². The fraction of sp³-hybridized carbons (Fsp3) is 0.286. The summed E-state index contributed by atoms with van der Waals surface area (Å²) in [4.78, 5) is 0.343. The molecule has 1 aromatic carbocycles. The summed E-state index contributed by atoms with van der Waals surface area (Å²) in [5.41, 5.74) is 5.40.